The first-order valence-corrected chi connectivity index (χ1v) is 6.80. The second-order valence-electron chi connectivity index (χ2n) is 5.56. The number of H-pyrrole nitrogens is 1. The minimum atomic E-state index is -0.222. The number of hydrogen-bond acceptors (Lipinski definition) is 1. The summed E-state index contributed by atoms with van der Waals surface area (Å²) in [6.45, 7) is 1.39. The number of halogens is 1. The molecular formula is C15H15FN2O. The second-order valence-corrected chi connectivity index (χ2v) is 5.56. The van der Waals surface area contributed by atoms with Crippen molar-refractivity contribution in [3.05, 3.63) is 35.3 Å². The zero-order valence-electron chi connectivity index (χ0n) is 10.6. The summed E-state index contributed by atoms with van der Waals surface area (Å²) in [6, 6.07) is 4.81. The van der Waals surface area contributed by atoms with Crippen LogP contribution in [0.3, 0.4) is 0 Å². The van der Waals surface area contributed by atoms with Crippen molar-refractivity contribution in [2.75, 3.05) is 6.54 Å². The lowest BCUT2D eigenvalue weighted by Gasteiger charge is -2.27. The molecule has 1 aliphatic carbocycles. The maximum atomic E-state index is 13.4. The lowest BCUT2D eigenvalue weighted by Crippen LogP contribution is -2.36. The molecule has 19 heavy (non-hydrogen) atoms. The topological polar surface area (TPSA) is 36.1 Å². The van der Waals surface area contributed by atoms with Crippen molar-refractivity contribution in [3.63, 3.8) is 0 Å². The zero-order chi connectivity index (χ0) is 13.0. The predicted octanol–water partition coefficient (Wildman–Crippen LogP) is 2.60. The first kappa shape index (κ1) is 11.0. The molecule has 0 spiro atoms. The zero-order valence-corrected chi connectivity index (χ0v) is 10.6. The molecular weight excluding hydrogens is 243 g/mol. The van der Waals surface area contributed by atoms with E-state index in [1.165, 1.54) is 6.07 Å². The number of carbonyl (C=O) groups is 1. The van der Waals surface area contributed by atoms with Crippen LogP contribution in [0.25, 0.3) is 10.9 Å². The third kappa shape index (κ3) is 1.74. The van der Waals surface area contributed by atoms with Gasteiger partial charge in [-0.1, -0.05) is 0 Å². The van der Waals surface area contributed by atoms with Gasteiger partial charge in [-0.05, 0) is 31.0 Å². The molecule has 1 fully saturated rings. The van der Waals surface area contributed by atoms with Gasteiger partial charge in [0.05, 0.1) is 0 Å². The van der Waals surface area contributed by atoms with Crippen molar-refractivity contribution in [3.8, 4) is 0 Å². The highest BCUT2D eigenvalue weighted by molar-refractivity contribution is 5.87. The molecule has 0 radical (unpaired) electrons. The molecule has 4 heteroatoms. The Balaban J connectivity index is 1.74. The fraction of sp³-hybridized carbons (Fsp3) is 0.400. The molecule has 0 unspecified atom stereocenters. The molecule has 0 atom stereocenters. The van der Waals surface area contributed by atoms with E-state index in [1.54, 1.807) is 12.1 Å². The minimum Gasteiger partial charge on any atom is -0.358 e. The summed E-state index contributed by atoms with van der Waals surface area (Å²) in [7, 11) is 0. The molecule has 1 aliphatic heterocycles. The second kappa shape index (κ2) is 3.83. The third-order valence-electron chi connectivity index (χ3n) is 4.18. The average molecular weight is 258 g/mol. The quantitative estimate of drug-likeness (QED) is 0.838. The highest BCUT2D eigenvalue weighted by atomic mass is 19.1. The first-order chi connectivity index (χ1) is 9.22. The molecule has 1 aromatic carbocycles. The van der Waals surface area contributed by atoms with E-state index in [0.717, 1.165) is 48.0 Å². The highest BCUT2D eigenvalue weighted by Crippen LogP contribution is 2.34. The van der Waals surface area contributed by atoms with Gasteiger partial charge in [-0.25, -0.2) is 4.39 Å². The van der Waals surface area contributed by atoms with E-state index in [1.807, 2.05) is 4.90 Å². The number of rotatable bonds is 1. The Morgan fingerprint density at radius 2 is 2.21 bits per heavy atom. The van der Waals surface area contributed by atoms with Gasteiger partial charge in [-0.15, -0.1) is 0 Å². The maximum absolute atomic E-state index is 13.4. The summed E-state index contributed by atoms with van der Waals surface area (Å²) in [5, 5.41) is 0.920. The van der Waals surface area contributed by atoms with Crippen molar-refractivity contribution in [1.82, 2.24) is 9.88 Å². The normalized spacial score (nSPS) is 18.7. The van der Waals surface area contributed by atoms with Crippen LogP contribution in [0, 0.1) is 11.7 Å². The molecule has 2 aliphatic rings. The summed E-state index contributed by atoms with van der Waals surface area (Å²) in [5.74, 6) is 0.305. The van der Waals surface area contributed by atoms with Crippen molar-refractivity contribution in [1.29, 1.82) is 0 Å². The third-order valence-corrected chi connectivity index (χ3v) is 4.18. The van der Waals surface area contributed by atoms with Crippen molar-refractivity contribution < 1.29 is 9.18 Å². The molecule has 2 aromatic rings. The van der Waals surface area contributed by atoms with Gasteiger partial charge in [0.25, 0.3) is 0 Å². The van der Waals surface area contributed by atoms with E-state index in [0.29, 0.717) is 6.54 Å². The van der Waals surface area contributed by atoms with E-state index in [4.69, 9.17) is 0 Å². The van der Waals surface area contributed by atoms with Crippen LogP contribution in [0.5, 0.6) is 0 Å². The van der Waals surface area contributed by atoms with Crippen LogP contribution in [0.15, 0.2) is 18.2 Å². The van der Waals surface area contributed by atoms with Crippen molar-refractivity contribution in [2.45, 2.75) is 25.8 Å². The Hall–Kier alpha value is -1.84. The number of nitrogens with zero attached hydrogens (tertiary/aromatic N) is 1. The van der Waals surface area contributed by atoms with Gasteiger partial charge in [0.1, 0.15) is 5.82 Å². The van der Waals surface area contributed by atoms with Crippen LogP contribution in [-0.4, -0.2) is 22.3 Å². The number of aromatic nitrogens is 1. The molecule has 2 heterocycles. The summed E-state index contributed by atoms with van der Waals surface area (Å²) in [4.78, 5) is 17.4. The van der Waals surface area contributed by atoms with E-state index in [9.17, 15) is 9.18 Å². The number of amides is 1. The molecule has 3 nitrogen and oxygen atoms in total. The SMILES string of the molecule is O=C(C1CC1)N1CCc2[nH]c3ccc(F)cc3c2C1. The van der Waals surface area contributed by atoms with Gasteiger partial charge in [0.2, 0.25) is 5.91 Å². The Kier molecular flexibility index (Phi) is 2.22. The predicted molar refractivity (Wildman–Crippen MR) is 70.1 cm³/mol. The number of hydrogen-bond donors (Lipinski definition) is 1. The molecule has 0 bridgehead atoms. The van der Waals surface area contributed by atoms with Gasteiger partial charge in [0.15, 0.2) is 0 Å². The van der Waals surface area contributed by atoms with Crippen molar-refractivity contribution in [2.24, 2.45) is 5.92 Å². The van der Waals surface area contributed by atoms with Gasteiger partial charge in [-0.3, -0.25) is 4.79 Å². The molecule has 1 amide bonds. The van der Waals surface area contributed by atoms with Gasteiger partial charge in [0, 0.05) is 47.6 Å². The van der Waals surface area contributed by atoms with Gasteiger partial charge in [-0.2, -0.15) is 0 Å². The Bertz CT molecular complexity index is 672. The van der Waals surface area contributed by atoms with E-state index in [2.05, 4.69) is 4.98 Å². The molecule has 1 aromatic heterocycles. The van der Waals surface area contributed by atoms with Crippen LogP contribution < -0.4 is 0 Å². The Morgan fingerprint density at radius 1 is 1.37 bits per heavy atom. The maximum Gasteiger partial charge on any atom is 0.225 e. The fourth-order valence-corrected chi connectivity index (χ4v) is 2.96. The molecule has 98 valence electrons. The monoisotopic (exact) mass is 258 g/mol. The number of fused-ring (bicyclic) bond motifs is 3. The van der Waals surface area contributed by atoms with E-state index >= 15 is 0 Å². The fourth-order valence-electron chi connectivity index (χ4n) is 2.96. The van der Waals surface area contributed by atoms with Gasteiger partial charge >= 0.3 is 0 Å². The Morgan fingerprint density at radius 3 is 3.00 bits per heavy atom. The number of benzene rings is 1. The summed E-state index contributed by atoms with van der Waals surface area (Å²) >= 11 is 0. The lowest BCUT2D eigenvalue weighted by atomic mass is 10.0. The summed E-state index contributed by atoms with van der Waals surface area (Å²) < 4.78 is 13.4. The van der Waals surface area contributed by atoms with E-state index in [-0.39, 0.29) is 17.6 Å². The Labute approximate surface area is 110 Å². The summed E-state index contributed by atoms with van der Waals surface area (Å²) in [6.07, 6.45) is 2.90. The molecule has 0 saturated heterocycles. The lowest BCUT2D eigenvalue weighted by molar-refractivity contribution is -0.133. The summed E-state index contributed by atoms with van der Waals surface area (Å²) in [5.41, 5.74) is 3.21. The van der Waals surface area contributed by atoms with Crippen LogP contribution in [0.4, 0.5) is 4.39 Å². The highest BCUT2D eigenvalue weighted by Gasteiger charge is 2.35. The van der Waals surface area contributed by atoms with Crippen LogP contribution in [-0.2, 0) is 17.8 Å². The standard InChI is InChI=1S/C15H15FN2O/c16-10-3-4-13-11(7-10)12-8-18(6-5-14(12)17-13)15(19)9-1-2-9/h3-4,7,9,17H,1-2,5-6,8H2. The number of aromatic amines is 1. The van der Waals surface area contributed by atoms with Crippen LogP contribution in [0.1, 0.15) is 24.1 Å². The van der Waals surface area contributed by atoms with Gasteiger partial charge < -0.3 is 9.88 Å². The van der Waals surface area contributed by atoms with E-state index < -0.39 is 0 Å². The average Bonchev–Trinajstić information content (AvgIpc) is 3.20. The minimum absolute atomic E-state index is 0.222. The molecule has 1 N–H and O–H groups in total. The smallest absolute Gasteiger partial charge is 0.225 e. The first-order valence-electron chi connectivity index (χ1n) is 6.80. The number of carbonyl (C=O) groups excluding carboxylic acids is 1. The van der Waals surface area contributed by atoms with Crippen molar-refractivity contribution >= 4 is 16.8 Å². The van der Waals surface area contributed by atoms with Crippen LogP contribution in [0.2, 0.25) is 0 Å². The largest absolute Gasteiger partial charge is 0.358 e. The molecule has 1 saturated carbocycles. The molecule has 4 rings (SSSR count). The van der Waals surface area contributed by atoms with Crippen LogP contribution >= 0.6 is 0 Å². The number of nitrogens with one attached hydrogen (secondary N) is 1.